The van der Waals surface area contributed by atoms with Gasteiger partial charge in [-0.2, -0.15) is 12.7 Å². The van der Waals surface area contributed by atoms with E-state index in [9.17, 15) is 26.7 Å². The molecule has 16 heteroatoms. The molecule has 1 aliphatic rings. The fraction of sp³-hybridized carbons (Fsp3) is 0.533. The zero-order valence-electron chi connectivity index (χ0n) is 26.7. The molecule has 0 spiro atoms. The minimum Gasteiger partial charge on any atom is -0.490 e. The van der Waals surface area contributed by atoms with Crippen LogP contribution in [-0.4, -0.2) is 98.2 Å². The van der Waals surface area contributed by atoms with Crippen LogP contribution in [-0.2, 0) is 31.8 Å². The van der Waals surface area contributed by atoms with E-state index < -0.39 is 38.1 Å². The van der Waals surface area contributed by atoms with Gasteiger partial charge < -0.3 is 24.0 Å². The van der Waals surface area contributed by atoms with E-state index in [2.05, 4.69) is 9.71 Å². The molecular weight excluding hydrogens is 655 g/mol. The van der Waals surface area contributed by atoms with Crippen LogP contribution < -0.4 is 9.46 Å². The number of hydrogen-bond donors (Lipinski definition) is 2. The Kier molecular flexibility index (Phi) is 11.9. The molecule has 1 amide bonds. The summed E-state index contributed by atoms with van der Waals surface area (Å²) in [5.74, 6) is -0.548. The largest absolute Gasteiger partial charge is 0.490 e. The number of ether oxygens (including phenoxy) is 2. The maximum atomic E-state index is 14.3. The van der Waals surface area contributed by atoms with E-state index in [0.29, 0.717) is 13.0 Å². The highest BCUT2D eigenvalue weighted by atomic mass is 32.2. The fourth-order valence-corrected chi connectivity index (χ4v) is 8.52. The molecule has 1 aliphatic heterocycles. The number of aryl methyl sites for hydroxylation is 1. The molecule has 0 radical (unpaired) electrons. The highest BCUT2D eigenvalue weighted by molar-refractivity contribution is 7.92. The molecule has 0 fully saturated rings. The predicted molar refractivity (Wildman–Crippen MR) is 175 cm³/mol. The number of imidazole rings is 1. The van der Waals surface area contributed by atoms with Crippen molar-refractivity contribution in [2.75, 3.05) is 38.1 Å². The lowest BCUT2D eigenvalue weighted by Gasteiger charge is -2.35. The Hall–Kier alpha value is -3.02. The first-order valence-electron chi connectivity index (χ1n) is 15.1. The molecule has 2 N–H and O–H groups in total. The zero-order chi connectivity index (χ0) is 33.6. The number of carbonyl (C=O) groups excluding carboxylic acids is 1. The maximum Gasteiger partial charge on any atom is 0.280 e. The van der Waals surface area contributed by atoms with Crippen LogP contribution >= 0.6 is 11.3 Å². The van der Waals surface area contributed by atoms with Gasteiger partial charge in [0.05, 0.1) is 36.7 Å². The second-order valence-corrected chi connectivity index (χ2v) is 16.6. The van der Waals surface area contributed by atoms with Crippen molar-refractivity contribution in [2.45, 2.75) is 67.5 Å². The number of nitrogens with zero attached hydrogens (tertiary/aromatic N) is 4. The number of thiophene rings is 1. The monoisotopic (exact) mass is 697 g/mol. The SMILES string of the molecule is C[C@@H]1CCCCO[C@H](CN(C)S(=O)(=O)c2cccs2)[C@@H](C)CN([C@H](C)CO)C(=O)c2cc(NS(=O)(=O)c3cn(C)cn3)ccc2O1. The third-order valence-corrected chi connectivity index (χ3v) is 12.3. The van der Waals surface area contributed by atoms with Gasteiger partial charge in [-0.15, -0.1) is 11.3 Å². The third-order valence-electron chi connectivity index (χ3n) is 7.86. The first-order chi connectivity index (χ1) is 21.7. The molecule has 13 nitrogen and oxygen atoms in total. The number of fused-ring (bicyclic) bond motifs is 1. The molecule has 3 aromatic rings. The predicted octanol–water partition coefficient (Wildman–Crippen LogP) is 3.40. The Bertz CT molecular complexity index is 1680. The van der Waals surface area contributed by atoms with Crippen molar-refractivity contribution in [2.24, 2.45) is 13.0 Å². The maximum absolute atomic E-state index is 14.3. The summed E-state index contributed by atoms with van der Waals surface area (Å²) in [6, 6.07) is 7.13. The van der Waals surface area contributed by atoms with E-state index in [1.54, 1.807) is 37.6 Å². The van der Waals surface area contributed by atoms with Crippen molar-refractivity contribution < 1.29 is 36.2 Å². The van der Waals surface area contributed by atoms with E-state index in [0.717, 1.165) is 24.2 Å². The van der Waals surface area contributed by atoms with Crippen LogP contribution in [0.1, 0.15) is 50.4 Å². The Morgan fingerprint density at radius 3 is 2.61 bits per heavy atom. The van der Waals surface area contributed by atoms with Crippen molar-refractivity contribution in [3.63, 3.8) is 0 Å². The number of likely N-dealkylation sites (N-methyl/N-ethyl adjacent to an activating group) is 1. The number of nitrogens with one attached hydrogen (secondary N) is 1. The zero-order valence-corrected chi connectivity index (χ0v) is 29.1. The second kappa shape index (κ2) is 15.3. The average molecular weight is 698 g/mol. The van der Waals surface area contributed by atoms with Gasteiger partial charge in [-0.3, -0.25) is 9.52 Å². The molecule has 4 atom stereocenters. The van der Waals surface area contributed by atoms with Crippen molar-refractivity contribution in [3.8, 4) is 5.75 Å². The number of aliphatic hydroxyl groups is 1. The Morgan fingerprint density at radius 1 is 1.20 bits per heavy atom. The second-order valence-electron chi connectivity index (χ2n) is 11.7. The average Bonchev–Trinajstić information content (AvgIpc) is 3.71. The number of aromatic nitrogens is 2. The smallest absolute Gasteiger partial charge is 0.280 e. The molecule has 0 unspecified atom stereocenters. The first kappa shape index (κ1) is 35.8. The van der Waals surface area contributed by atoms with Crippen LogP contribution in [0, 0.1) is 5.92 Å². The molecule has 0 aliphatic carbocycles. The highest BCUT2D eigenvalue weighted by Gasteiger charge is 2.33. The van der Waals surface area contributed by atoms with Gasteiger partial charge in [0.15, 0.2) is 5.03 Å². The van der Waals surface area contributed by atoms with Gasteiger partial charge >= 0.3 is 0 Å². The summed E-state index contributed by atoms with van der Waals surface area (Å²) in [6.45, 7) is 5.71. The van der Waals surface area contributed by atoms with Crippen molar-refractivity contribution in [1.82, 2.24) is 18.8 Å². The van der Waals surface area contributed by atoms with Crippen LogP contribution in [0.3, 0.4) is 0 Å². The van der Waals surface area contributed by atoms with Crippen molar-refractivity contribution in [3.05, 3.63) is 53.8 Å². The molecule has 0 saturated carbocycles. The highest BCUT2D eigenvalue weighted by Crippen LogP contribution is 2.30. The summed E-state index contributed by atoms with van der Waals surface area (Å²) in [5, 5.41) is 11.7. The van der Waals surface area contributed by atoms with Gasteiger partial charge in [-0.05, 0) is 62.8 Å². The van der Waals surface area contributed by atoms with Gasteiger partial charge in [-0.1, -0.05) is 13.0 Å². The Labute approximate surface area is 275 Å². The van der Waals surface area contributed by atoms with Gasteiger partial charge in [0.1, 0.15) is 9.96 Å². The van der Waals surface area contributed by atoms with Crippen molar-refractivity contribution in [1.29, 1.82) is 0 Å². The van der Waals surface area contributed by atoms with Gasteiger partial charge in [-0.25, -0.2) is 13.4 Å². The summed E-state index contributed by atoms with van der Waals surface area (Å²) in [6.07, 6.45) is 4.05. The molecule has 0 bridgehead atoms. The van der Waals surface area contributed by atoms with Gasteiger partial charge in [0.2, 0.25) is 0 Å². The molecule has 3 heterocycles. The van der Waals surface area contributed by atoms with Gasteiger partial charge in [0, 0.05) is 51.6 Å². The molecule has 4 rings (SSSR count). The number of carbonyl (C=O) groups is 1. The normalized spacial score (nSPS) is 21.3. The number of benzene rings is 1. The molecule has 0 saturated heterocycles. The van der Waals surface area contributed by atoms with Crippen molar-refractivity contribution >= 4 is 43.0 Å². The minimum atomic E-state index is -4.04. The molecule has 46 heavy (non-hydrogen) atoms. The van der Waals surface area contributed by atoms with E-state index >= 15 is 0 Å². The van der Waals surface area contributed by atoms with E-state index in [1.807, 2.05) is 13.8 Å². The van der Waals surface area contributed by atoms with E-state index in [1.165, 1.54) is 45.5 Å². The number of sulfonamides is 2. The summed E-state index contributed by atoms with van der Waals surface area (Å²) in [4.78, 5) is 19.7. The lowest BCUT2D eigenvalue weighted by Crippen LogP contribution is -2.48. The van der Waals surface area contributed by atoms with Crippen LogP contribution in [0.5, 0.6) is 5.75 Å². The summed E-state index contributed by atoms with van der Waals surface area (Å²) in [7, 11) is -4.61. The van der Waals surface area contributed by atoms with Crippen LogP contribution in [0.2, 0.25) is 0 Å². The molecule has 1 aromatic carbocycles. The van der Waals surface area contributed by atoms with Crippen LogP contribution in [0.25, 0.3) is 0 Å². The van der Waals surface area contributed by atoms with E-state index in [4.69, 9.17) is 9.47 Å². The number of rotatable bonds is 9. The number of hydrogen-bond acceptors (Lipinski definition) is 10. The quantitative estimate of drug-likeness (QED) is 0.342. The summed E-state index contributed by atoms with van der Waals surface area (Å²) in [5.41, 5.74) is 0.258. The molecular formula is C30H43N5O8S3. The lowest BCUT2D eigenvalue weighted by molar-refractivity contribution is -0.00832. The molecule has 254 valence electrons. The standard InChI is InChI=1S/C30H43N5O8S3/c1-21-16-35(22(2)19-36)30(37)25-15-24(32-45(38,39)28-18-33(4)20-31-28)11-12-26(25)43-23(3)9-6-7-13-42-27(21)17-34(5)46(40,41)29-10-8-14-44-29/h8,10-12,14-15,18,20-23,27,32,36H,6-7,9,13,16-17,19H2,1-5H3/t21-,22+,23+,27+/m0/s1. The van der Waals surface area contributed by atoms with Crippen LogP contribution in [0.4, 0.5) is 5.69 Å². The number of anilines is 1. The van der Waals surface area contributed by atoms with E-state index in [-0.39, 0.29) is 58.0 Å². The fourth-order valence-electron chi connectivity index (χ4n) is 5.10. The topological polar surface area (TPSA) is 160 Å². The first-order valence-corrected chi connectivity index (χ1v) is 18.9. The summed E-state index contributed by atoms with van der Waals surface area (Å²) < 4.78 is 70.5. The summed E-state index contributed by atoms with van der Waals surface area (Å²) >= 11 is 1.14. The Balaban J connectivity index is 1.68. The van der Waals surface area contributed by atoms with Crippen LogP contribution in [0.15, 0.2) is 57.5 Å². The molecule has 2 aromatic heterocycles. The lowest BCUT2D eigenvalue weighted by atomic mass is 10.0. The number of aliphatic hydroxyl groups excluding tert-OH is 1. The third kappa shape index (κ3) is 8.66. The number of amides is 1. The van der Waals surface area contributed by atoms with Gasteiger partial charge in [0.25, 0.3) is 26.0 Å². The Morgan fingerprint density at radius 2 is 1.96 bits per heavy atom. The minimum absolute atomic E-state index is 0.0620.